The standard InChI is InChI=1S/C11H9N7O2/c19-10(16-8-3-12-6-13-4-8)5-17-11(20)9-1-2-14-18(9)7-15-17/h1-4,6-7H,5H2,(H,16,19). The highest BCUT2D eigenvalue weighted by Crippen LogP contribution is 2.00. The Labute approximate surface area is 111 Å². The number of amides is 1. The highest BCUT2D eigenvalue weighted by atomic mass is 16.2. The van der Waals surface area contributed by atoms with Crippen LogP contribution in [-0.2, 0) is 11.3 Å². The number of aromatic nitrogens is 6. The Morgan fingerprint density at radius 1 is 1.25 bits per heavy atom. The Balaban J connectivity index is 1.81. The molecule has 0 radical (unpaired) electrons. The Bertz CT molecular complexity index is 808. The number of carbonyl (C=O) groups excluding carboxylic acids is 1. The van der Waals surface area contributed by atoms with Gasteiger partial charge in [0.2, 0.25) is 5.91 Å². The third-order valence-electron chi connectivity index (χ3n) is 2.56. The van der Waals surface area contributed by atoms with E-state index in [1.807, 2.05) is 0 Å². The van der Waals surface area contributed by atoms with Crippen molar-refractivity contribution in [1.82, 2.24) is 29.4 Å². The van der Waals surface area contributed by atoms with Crippen LogP contribution in [-0.4, -0.2) is 35.3 Å². The zero-order valence-corrected chi connectivity index (χ0v) is 10.2. The largest absolute Gasteiger partial charge is 0.322 e. The van der Waals surface area contributed by atoms with Crippen LogP contribution in [0.1, 0.15) is 0 Å². The van der Waals surface area contributed by atoms with Gasteiger partial charge < -0.3 is 5.32 Å². The van der Waals surface area contributed by atoms with Crippen molar-refractivity contribution in [2.45, 2.75) is 6.54 Å². The van der Waals surface area contributed by atoms with Gasteiger partial charge in [-0.2, -0.15) is 10.2 Å². The fraction of sp³-hybridized carbons (Fsp3) is 0.0909. The molecule has 0 aromatic carbocycles. The normalized spacial score (nSPS) is 10.6. The molecule has 0 fully saturated rings. The Morgan fingerprint density at radius 2 is 2.05 bits per heavy atom. The van der Waals surface area contributed by atoms with Crippen LogP contribution in [0, 0.1) is 0 Å². The molecule has 9 heteroatoms. The average molecular weight is 271 g/mol. The maximum atomic E-state index is 12.0. The van der Waals surface area contributed by atoms with Crippen LogP contribution in [0.25, 0.3) is 5.52 Å². The molecule has 1 N–H and O–H groups in total. The molecule has 1 amide bonds. The van der Waals surface area contributed by atoms with Crippen LogP contribution in [0.15, 0.2) is 42.1 Å². The Hall–Kier alpha value is -3.10. The van der Waals surface area contributed by atoms with E-state index in [4.69, 9.17) is 0 Å². The number of rotatable bonds is 3. The minimum Gasteiger partial charge on any atom is -0.322 e. The van der Waals surface area contributed by atoms with Crippen molar-refractivity contribution in [3.8, 4) is 0 Å². The first-order chi connectivity index (χ1) is 9.74. The Morgan fingerprint density at radius 3 is 2.85 bits per heavy atom. The van der Waals surface area contributed by atoms with E-state index in [-0.39, 0.29) is 12.1 Å². The van der Waals surface area contributed by atoms with E-state index in [1.165, 1.54) is 35.8 Å². The highest BCUT2D eigenvalue weighted by Gasteiger charge is 2.09. The zero-order valence-electron chi connectivity index (χ0n) is 10.2. The zero-order chi connectivity index (χ0) is 13.9. The maximum absolute atomic E-state index is 12.0. The first-order valence-corrected chi connectivity index (χ1v) is 5.68. The molecule has 9 nitrogen and oxygen atoms in total. The smallest absolute Gasteiger partial charge is 0.293 e. The van der Waals surface area contributed by atoms with Crippen LogP contribution < -0.4 is 10.9 Å². The lowest BCUT2D eigenvalue weighted by atomic mass is 10.4. The summed E-state index contributed by atoms with van der Waals surface area (Å²) in [6, 6.07) is 1.56. The number of hydrogen-bond acceptors (Lipinski definition) is 6. The van der Waals surface area contributed by atoms with Gasteiger partial charge in [0.15, 0.2) is 0 Å². The molecule has 100 valence electrons. The van der Waals surface area contributed by atoms with Crippen molar-refractivity contribution in [2.24, 2.45) is 0 Å². The summed E-state index contributed by atoms with van der Waals surface area (Å²) < 4.78 is 2.41. The van der Waals surface area contributed by atoms with E-state index in [9.17, 15) is 9.59 Å². The number of hydrogen-bond donors (Lipinski definition) is 1. The lowest BCUT2D eigenvalue weighted by Crippen LogP contribution is -2.30. The van der Waals surface area contributed by atoms with Gasteiger partial charge in [-0.25, -0.2) is 19.2 Å². The summed E-state index contributed by atoms with van der Waals surface area (Å²) in [5.74, 6) is -0.390. The number of nitrogens with one attached hydrogen (secondary N) is 1. The van der Waals surface area contributed by atoms with E-state index in [1.54, 1.807) is 6.07 Å². The van der Waals surface area contributed by atoms with Crippen LogP contribution in [0.3, 0.4) is 0 Å². The van der Waals surface area contributed by atoms with Crippen LogP contribution in [0.4, 0.5) is 5.69 Å². The minimum atomic E-state index is -0.390. The second-order valence-electron chi connectivity index (χ2n) is 3.93. The molecule has 0 aliphatic carbocycles. The molecular weight excluding hydrogens is 262 g/mol. The van der Waals surface area contributed by atoms with Crippen LogP contribution >= 0.6 is 0 Å². The summed E-state index contributed by atoms with van der Waals surface area (Å²) in [6.07, 6.45) is 7.14. The minimum absolute atomic E-state index is 0.199. The molecule has 0 spiro atoms. The fourth-order valence-electron chi connectivity index (χ4n) is 1.68. The fourth-order valence-corrected chi connectivity index (χ4v) is 1.68. The second kappa shape index (κ2) is 4.88. The Kier molecular flexibility index (Phi) is 2.92. The maximum Gasteiger partial charge on any atom is 0.293 e. The van der Waals surface area contributed by atoms with E-state index < -0.39 is 5.91 Å². The van der Waals surface area contributed by atoms with Gasteiger partial charge in [0, 0.05) is 0 Å². The summed E-state index contributed by atoms with van der Waals surface area (Å²) in [6.45, 7) is -0.199. The first-order valence-electron chi connectivity index (χ1n) is 5.68. The molecule has 0 saturated carbocycles. The van der Waals surface area contributed by atoms with Gasteiger partial charge in [0.25, 0.3) is 5.56 Å². The van der Waals surface area contributed by atoms with Crippen molar-refractivity contribution in [3.63, 3.8) is 0 Å². The predicted octanol–water partition coefficient (Wildman–Crippen LogP) is -0.680. The number of anilines is 1. The average Bonchev–Trinajstić information content (AvgIpc) is 2.92. The van der Waals surface area contributed by atoms with E-state index in [0.717, 1.165) is 4.68 Å². The van der Waals surface area contributed by atoms with Gasteiger partial charge in [0.05, 0.1) is 24.3 Å². The third kappa shape index (κ3) is 2.23. The van der Waals surface area contributed by atoms with Gasteiger partial charge in [-0.1, -0.05) is 0 Å². The summed E-state index contributed by atoms with van der Waals surface area (Å²) >= 11 is 0. The molecule has 0 saturated heterocycles. The van der Waals surface area contributed by atoms with Crippen LogP contribution in [0.2, 0.25) is 0 Å². The first kappa shape index (κ1) is 12.0. The number of carbonyl (C=O) groups is 1. The third-order valence-corrected chi connectivity index (χ3v) is 2.56. The molecule has 0 aliphatic rings. The molecule has 3 aromatic rings. The number of nitrogens with zero attached hydrogens (tertiary/aromatic N) is 6. The monoisotopic (exact) mass is 271 g/mol. The summed E-state index contributed by atoms with van der Waals surface area (Å²) in [5, 5.41) is 10.3. The van der Waals surface area contributed by atoms with Gasteiger partial charge in [-0.15, -0.1) is 0 Å². The molecule has 20 heavy (non-hydrogen) atoms. The molecule has 3 aromatic heterocycles. The molecule has 3 rings (SSSR count). The summed E-state index contributed by atoms with van der Waals surface area (Å²) in [4.78, 5) is 31.4. The van der Waals surface area contributed by atoms with E-state index >= 15 is 0 Å². The van der Waals surface area contributed by atoms with Gasteiger partial charge in [-0.05, 0) is 6.07 Å². The molecule has 0 atom stereocenters. The number of fused-ring (bicyclic) bond motifs is 1. The van der Waals surface area contributed by atoms with Crippen molar-refractivity contribution < 1.29 is 4.79 Å². The lowest BCUT2D eigenvalue weighted by molar-refractivity contribution is -0.117. The van der Waals surface area contributed by atoms with Crippen molar-refractivity contribution in [3.05, 3.63) is 47.7 Å². The van der Waals surface area contributed by atoms with Crippen molar-refractivity contribution in [2.75, 3.05) is 5.32 Å². The van der Waals surface area contributed by atoms with Crippen molar-refractivity contribution in [1.29, 1.82) is 0 Å². The highest BCUT2D eigenvalue weighted by molar-refractivity contribution is 5.90. The molecule has 3 heterocycles. The molecule has 0 aliphatic heterocycles. The molecule has 0 unspecified atom stereocenters. The van der Waals surface area contributed by atoms with Gasteiger partial charge in [-0.3, -0.25) is 9.59 Å². The topological polar surface area (TPSA) is 107 Å². The van der Waals surface area contributed by atoms with Crippen LogP contribution in [0.5, 0.6) is 0 Å². The predicted molar refractivity (Wildman–Crippen MR) is 67.9 cm³/mol. The quantitative estimate of drug-likeness (QED) is 0.676. The molecular formula is C11H9N7O2. The van der Waals surface area contributed by atoms with Gasteiger partial charge >= 0.3 is 0 Å². The lowest BCUT2D eigenvalue weighted by Gasteiger charge is -2.05. The van der Waals surface area contributed by atoms with E-state index in [0.29, 0.717) is 11.2 Å². The molecule has 0 bridgehead atoms. The summed E-state index contributed by atoms with van der Waals surface area (Å²) in [5.41, 5.74) is 0.427. The van der Waals surface area contributed by atoms with Gasteiger partial charge in [0.1, 0.15) is 24.7 Å². The van der Waals surface area contributed by atoms with E-state index in [2.05, 4.69) is 25.5 Å². The second-order valence-corrected chi connectivity index (χ2v) is 3.93. The van der Waals surface area contributed by atoms with Crippen molar-refractivity contribution >= 4 is 17.1 Å². The SMILES string of the molecule is O=C(Cn1ncn2nccc2c1=O)Nc1cncnc1. The summed E-state index contributed by atoms with van der Waals surface area (Å²) in [7, 11) is 0.